The number of hydrogen-bond acceptors (Lipinski definition) is 2. The highest BCUT2D eigenvalue weighted by Crippen LogP contribution is 2.32. The summed E-state index contributed by atoms with van der Waals surface area (Å²) in [6.45, 7) is 10.4. The summed E-state index contributed by atoms with van der Waals surface area (Å²) in [6.07, 6.45) is 0.166. The van der Waals surface area contributed by atoms with E-state index in [-0.39, 0.29) is 11.8 Å². The molecule has 0 aliphatic carbocycles. The molecule has 3 nitrogen and oxygen atoms in total. The normalized spacial score (nSPS) is 15.8. The summed E-state index contributed by atoms with van der Waals surface area (Å²) in [4.78, 5) is 13.4. The first-order chi connectivity index (χ1) is 8.79. The molecule has 19 heavy (non-hydrogen) atoms. The van der Waals surface area contributed by atoms with Crippen LogP contribution in [0.15, 0.2) is 18.2 Å². The van der Waals surface area contributed by atoms with E-state index in [0.29, 0.717) is 6.04 Å². The first-order valence-electron chi connectivity index (χ1n) is 6.88. The van der Waals surface area contributed by atoms with Crippen molar-refractivity contribution in [2.45, 2.75) is 58.7 Å². The van der Waals surface area contributed by atoms with Crippen molar-refractivity contribution in [2.24, 2.45) is 0 Å². The van der Waals surface area contributed by atoms with Crippen molar-refractivity contribution in [2.75, 3.05) is 0 Å². The Bertz CT molecular complexity index is 492. The minimum atomic E-state index is -0.741. The van der Waals surface area contributed by atoms with Crippen LogP contribution in [0, 0.1) is 0 Å². The van der Waals surface area contributed by atoms with E-state index in [1.165, 1.54) is 11.1 Å². The third kappa shape index (κ3) is 2.98. The molecule has 0 spiro atoms. The van der Waals surface area contributed by atoms with Crippen LogP contribution in [0.4, 0.5) is 0 Å². The lowest BCUT2D eigenvalue weighted by Gasteiger charge is -2.23. The maximum absolute atomic E-state index is 11.0. The molecule has 0 atom stereocenters. The van der Waals surface area contributed by atoms with Gasteiger partial charge in [-0.25, -0.2) is 0 Å². The maximum atomic E-state index is 11.0. The quantitative estimate of drug-likeness (QED) is 0.905. The fraction of sp³-hybridized carbons (Fsp3) is 0.562. The number of hydrogen-bond donors (Lipinski definition) is 1. The van der Waals surface area contributed by atoms with Crippen molar-refractivity contribution in [1.29, 1.82) is 0 Å². The highest BCUT2D eigenvalue weighted by molar-refractivity contribution is 5.69. The number of fused-ring (bicyclic) bond motifs is 1. The largest absolute Gasteiger partial charge is 0.481 e. The van der Waals surface area contributed by atoms with E-state index < -0.39 is 5.97 Å². The smallest absolute Gasteiger partial charge is 0.304 e. The Balaban J connectivity index is 2.24. The monoisotopic (exact) mass is 261 g/mol. The molecular formula is C16H23NO2. The minimum Gasteiger partial charge on any atom is -0.481 e. The van der Waals surface area contributed by atoms with Crippen LogP contribution in [0.5, 0.6) is 0 Å². The Labute approximate surface area is 115 Å². The van der Waals surface area contributed by atoms with Gasteiger partial charge in [-0.2, -0.15) is 0 Å². The summed E-state index contributed by atoms with van der Waals surface area (Å²) in [6, 6.07) is 6.99. The van der Waals surface area contributed by atoms with Crippen molar-refractivity contribution < 1.29 is 9.90 Å². The van der Waals surface area contributed by atoms with Crippen molar-refractivity contribution >= 4 is 5.97 Å². The summed E-state index contributed by atoms with van der Waals surface area (Å²) in [7, 11) is 0. The van der Waals surface area contributed by atoms with Gasteiger partial charge in [0.15, 0.2) is 0 Å². The third-order valence-corrected chi connectivity index (χ3v) is 4.06. The standard InChI is InChI=1S/C16H23NO2/c1-11(2)17-9-12-5-6-14(7-13(12)10-17)16(3,4)8-15(18)19/h5-7,11H,8-10H2,1-4H3,(H,18,19). The highest BCUT2D eigenvalue weighted by atomic mass is 16.4. The van der Waals surface area contributed by atoms with Gasteiger partial charge in [-0.1, -0.05) is 32.0 Å². The van der Waals surface area contributed by atoms with E-state index >= 15 is 0 Å². The second-order valence-corrected chi connectivity index (χ2v) is 6.44. The average molecular weight is 261 g/mol. The van der Waals surface area contributed by atoms with Gasteiger partial charge in [0.25, 0.3) is 0 Å². The highest BCUT2D eigenvalue weighted by Gasteiger charge is 2.27. The third-order valence-electron chi connectivity index (χ3n) is 4.06. The van der Waals surface area contributed by atoms with E-state index in [2.05, 4.69) is 36.9 Å². The van der Waals surface area contributed by atoms with Crippen molar-refractivity contribution in [3.05, 3.63) is 34.9 Å². The van der Waals surface area contributed by atoms with Crippen molar-refractivity contribution in [3.8, 4) is 0 Å². The van der Waals surface area contributed by atoms with Crippen LogP contribution in [-0.2, 0) is 23.3 Å². The Morgan fingerprint density at radius 1 is 1.32 bits per heavy atom. The molecule has 0 bridgehead atoms. The zero-order valence-electron chi connectivity index (χ0n) is 12.2. The zero-order chi connectivity index (χ0) is 14.2. The lowest BCUT2D eigenvalue weighted by molar-refractivity contribution is -0.138. The molecule has 104 valence electrons. The van der Waals surface area contributed by atoms with Gasteiger partial charge in [0.1, 0.15) is 0 Å². The molecule has 0 fully saturated rings. The lowest BCUT2D eigenvalue weighted by atomic mass is 9.80. The van der Waals surface area contributed by atoms with Crippen LogP contribution >= 0.6 is 0 Å². The van der Waals surface area contributed by atoms with Crippen LogP contribution < -0.4 is 0 Å². The fourth-order valence-corrected chi connectivity index (χ4v) is 2.69. The molecule has 0 amide bonds. The first kappa shape index (κ1) is 14.1. The molecule has 1 aliphatic rings. The number of benzene rings is 1. The van der Waals surface area contributed by atoms with Gasteiger partial charge in [-0.3, -0.25) is 9.69 Å². The fourth-order valence-electron chi connectivity index (χ4n) is 2.69. The van der Waals surface area contributed by atoms with Gasteiger partial charge < -0.3 is 5.11 Å². The molecular weight excluding hydrogens is 238 g/mol. The van der Waals surface area contributed by atoms with E-state index in [1.807, 2.05) is 13.8 Å². The molecule has 0 saturated heterocycles. The topological polar surface area (TPSA) is 40.5 Å². The molecule has 1 aromatic rings. The lowest BCUT2D eigenvalue weighted by Crippen LogP contribution is -2.24. The van der Waals surface area contributed by atoms with Crippen molar-refractivity contribution in [3.63, 3.8) is 0 Å². The Hall–Kier alpha value is -1.35. The number of aliphatic carboxylic acids is 1. The molecule has 1 N–H and O–H groups in total. The minimum absolute atomic E-state index is 0.166. The molecule has 0 unspecified atom stereocenters. The second kappa shape index (κ2) is 4.97. The van der Waals surface area contributed by atoms with Crippen LogP contribution in [-0.4, -0.2) is 22.0 Å². The molecule has 1 aliphatic heterocycles. The zero-order valence-corrected chi connectivity index (χ0v) is 12.2. The SMILES string of the molecule is CC(C)N1Cc2ccc(C(C)(C)CC(=O)O)cc2C1. The molecule has 2 rings (SSSR count). The van der Waals surface area contributed by atoms with Gasteiger partial charge in [0.2, 0.25) is 0 Å². The second-order valence-electron chi connectivity index (χ2n) is 6.44. The van der Waals surface area contributed by atoms with Gasteiger partial charge in [-0.05, 0) is 30.5 Å². The van der Waals surface area contributed by atoms with Crippen LogP contribution in [0.25, 0.3) is 0 Å². The van der Waals surface area contributed by atoms with Crippen LogP contribution in [0.1, 0.15) is 50.8 Å². The Morgan fingerprint density at radius 3 is 2.53 bits per heavy atom. The van der Waals surface area contributed by atoms with Crippen LogP contribution in [0.2, 0.25) is 0 Å². The van der Waals surface area contributed by atoms with Gasteiger partial charge in [-0.15, -0.1) is 0 Å². The first-order valence-corrected chi connectivity index (χ1v) is 6.88. The average Bonchev–Trinajstić information content (AvgIpc) is 2.69. The van der Waals surface area contributed by atoms with E-state index in [0.717, 1.165) is 18.7 Å². The summed E-state index contributed by atoms with van der Waals surface area (Å²) in [5, 5.41) is 9.01. The molecule has 0 saturated carbocycles. The van der Waals surface area contributed by atoms with Gasteiger partial charge >= 0.3 is 5.97 Å². The molecule has 3 heteroatoms. The van der Waals surface area contributed by atoms with E-state index in [1.54, 1.807) is 0 Å². The summed E-state index contributed by atoms with van der Waals surface area (Å²) >= 11 is 0. The number of carboxylic acids is 1. The van der Waals surface area contributed by atoms with Gasteiger partial charge in [0, 0.05) is 24.5 Å². The summed E-state index contributed by atoms with van der Waals surface area (Å²) in [5.41, 5.74) is 3.54. The Morgan fingerprint density at radius 2 is 1.95 bits per heavy atom. The van der Waals surface area contributed by atoms with Crippen LogP contribution in [0.3, 0.4) is 0 Å². The number of carbonyl (C=O) groups is 1. The molecule has 1 aromatic carbocycles. The predicted octanol–water partition coefficient (Wildman–Crippen LogP) is 3.16. The summed E-state index contributed by atoms with van der Waals surface area (Å²) < 4.78 is 0. The number of nitrogens with zero attached hydrogens (tertiary/aromatic N) is 1. The molecule has 0 radical (unpaired) electrons. The predicted molar refractivity (Wildman–Crippen MR) is 76.1 cm³/mol. The maximum Gasteiger partial charge on any atom is 0.304 e. The molecule has 1 heterocycles. The van der Waals surface area contributed by atoms with Gasteiger partial charge in [0.05, 0.1) is 6.42 Å². The molecule has 0 aromatic heterocycles. The Kier molecular flexibility index (Phi) is 3.68. The number of carboxylic acid groups (broad SMARTS) is 1. The summed E-state index contributed by atoms with van der Waals surface area (Å²) in [5.74, 6) is -0.741. The number of rotatable bonds is 4. The van der Waals surface area contributed by atoms with E-state index in [4.69, 9.17) is 5.11 Å². The van der Waals surface area contributed by atoms with Crippen molar-refractivity contribution in [1.82, 2.24) is 4.90 Å². The van der Waals surface area contributed by atoms with E-state index in [9.17, 15) is 4.79 Å².